The fourth-order valence-corrected chi connectivity index (χ4v) is 5.51. The SMILES string of the molecule is O=C(CCc1oc(NC2CCCCC2)nc1-c1ccc(Cl)cc1)N1CCS(=O)(=O)CC1. The zero-order valence-corrected chi connectivity index (χ0v) is 19.1. The Morgan fingerprint density at radius 3 is 2.48 bits per heavy atom. The van der Waals surface area contributed by atoms with Crippen LogP contribution in [-0.4, -0.2) is 54.8 Å². The van der Waals surface area contributed by atoms with Gasteiger partial charge in [0.1, 0.15) is 11.5 Å². The van der Waals surface area contributed by atoms with Crippen LogP contribution in [0, 0.1) is 0 Å². The van der Waals surface area contributed by atoms with Crippen molar-refractivity contribution in [2.24, 2.45) is 0 Å². The summed E-state index contributed by atoms with van der Waals surface area (Å²) in [5.41, 5.74) is 1.60. The number of benzene rings is 1. The lowest BCUT2D eigenvalue weighted by Gasteiger charge is -2.26. The zero-order valence-electron chi connectivity index (χ0n) is 17.5. The molecular weight excluding hydrogens is 438 g/mol. The van der Waals surface area contributed by atoms with Crippen molar-refractivity contribution in [2.45, 2.75) is 51.0 Å². The molecule has 1 aromatic carbocycles. The van der Waals surface area contributed by atoms with Gasteiger partial charge in [-0.05, 0) is 25.0 Å². The van der Waals surface area contributed by atoms with Crippen molar-refractivity contribution >= 4 is 33.4 Å². The van der Waals surface area contributed by atoms with Crippen LogP contribution < -0.4 is 5.32 Å². The molecule has 0 radical (unpaired) electrons. The average Bonchev–Trinajstić information content (AvgIpc) is 3.16. The second-order valence-corrected chi connectivity index (χ2v) is 11.0. The van der Waals surface area contributed by atoms with Gasteiger partial charge in [0.2, 0.25) is 5.91 Å². The van der Waals surface area contributed by atoms with Crippen molar-refractivity contribution in [2.75, 3.05) is 29.9 Å². The van der Waals surface area contributed by atoms with Crippen LogP contribution in [0.15, 0.2) is 28.7 Å². The maximum Gasteiger partial charge on any atom is 0.295 e. The first-order chi connectivity index (χ1) is 14.9. The van der Waals surface area contributed by atoms with E-state index in [1.165, 1.54) is 19.3 Å². The van der Waals surface area contributed by atoms with Gasteiger partial charge in [0.25, 0.3) is 6.01 Å². The highest BCUT2D eigenvalue weighted by molar-refractivity contribution is 7.91. The first-order valence-corrected chi connectivity index (χ1v) is 13.1. The number of carbonyl (C=O) groups excluding carboxylic acids is 1. The lowest BCUT2D eigenvalue weighted by Crippen LogP contribution is -2.43. The van der Waals surface area contributed by atoms with E-state index in [1.807, 2.05) is 24.3 Å². The molecule has 2 aromatic rings. The molecule has 1 N–H and O–H groups in total. The number of aromatic nitrogens is 1. The highest BCUT2D eigenvalue weighted by Gasteiger charge is 2.26. The normalized spacial score (nSPS) is 19.3. The number of nitrogens with one attached hydrogen (secondary N) is 1. The third-order valence-corrected chi connectivity index (χ3v) is 7.87. The molecule has 0 atom stereocenters. The van der Waals surface area contributed by atoms with Crippen molar-refractivity contribution in [1.82, 2.24) is 9.88 Å². The molecule has 0 bridgehead atoms. The van der Waals surface area contributed by atoms with Crippen molar-refractivity contribution in [1.29, 1.82) is 0 Å². The molecular formula is C22H28ClN3O4S. The summed E-state index contributed by atoms with van der Waals surface area (Å²) in [6.07, 6.45) is 6.53. The summed E-state index contributed by atoms with van der Waals surface area (Å²) in [7, 11) is -3.01. The Kier molecular flexibility index (Phi) is 6.86. The minimum Gasteiger partial charge on any atom is -0.428 e. The Balaban J connectivity index is 1.47. The molecule has 7 nitrogen and oxygen atoms in total. The second kappa shape index (κ2) is 9.61. The summed E-state index contributed by atoms with van der Waals surface area (Å²) in [5, 5.41) is 4.06. The molecule has 31 heavy (non-hydrogen) atoms. The number of hydrogen-bond acceptors (Lipinski definition) is 6. The molecule has 2 heterocycles. The minimum atomic E-state index is -3.01. The van der Waals surface area contributed by atoms with Crippen LogP contribution in [0.2, 0.25) is 5.02 Å². The van der Waals surface area contributed by atoms with Crippen LogP contribution in [0.1, 0.15) is 44.3 Å². The minimum absolute atomic E-state index is 0.0343. The van der Waals surface area contributed by atoms with Gasteiger partial charge in [-0.2, -0.15) is 4.98 Å². The van der Waals surface area contributed by atoms with Crippen LogP contribution in [0.5, 0.6) is 0 Å². The van der Waals surface area contributed by atoms with Crippen LogP contribution in [0.4, 0.5) is 6.01 Å². The summed E-state index contributed by atoms with van der Waals surface area (Å²) < 4.78 is 29.3. The number of nitrogens with zero attached hydrogens (tertiary/aromatic N) is 2. The van der Waals surface area contributed by atoms with Gasteiger partial charge >= 0.3 is 0 Å². The van der Waals surface area contributed by atoms with Gasteiger partial charge in [-0.3, -0.25) is 4.79 Å². The van der Waals surface area contributed by atoms with Gasteiger partial charge in [0, 0.05) is 42.6 Å². The second-order valence-electron chi connectivity index (χ2n) is 8.31. The molecule has 0 spiro atoms. The molecule has 1 aromatic heterocycles. The molecule has 168 valence electrons. The fourth-order valence-electron chi connectivity index (χ4n) is 4.18. The molecule has 1 amide bonds. The number of carbonyl (C=O) groups is 1. The predicted octanol–water partition coefficient (Wildman–Crippen LogP) is 3.93. The molecule has 1 aliphatic carbocycles. The van der Waals surface area contributed by atoms with Crippen molar-refractivity contribution in [3.63, 3.8) is 0 Å². The lowest BCUT2D eigenvalue weighted by atomic mass is 9.96. The van der Waals surface area contributed by atoms with E-state index in [4.69, 9.17) is 16.0 Å². The summed E-state index contributed by atoms with van der Waals surface area (Å²) in [5.74, 6) is 0.660. The Morgan fingerprint density at radius 2 is 1.81 bits per heavy atom. The molecule has 4 rings (SSSR count). The van der Waals surface area contributed by atoms with E-state index in [2.05, 4.69) is 10.3 Å². The molecule has 1 saturated carbocycles. The number of amides is 1. The summed E-state index contributed by atoms with van der Waals surface area (Å²) in [6, 6.07) is 8.25. The van der Waals surface area contributed by atoms with Gasteiger partial charge in [-0.15, -0.1) is 0 Å². The maximum atomic E-state index is 12.6. The van der Waals surface area contributed by atoms with Gasteiger partial charge in [-0.25, -0.2) is 8.42 Å². The molecule has 1 aliphatic heterocycles. The lowest BCUT2D eigenvalue weighted by molar-refractivity contribution is -0.130. The van der Waals surface area contributed by atoms with Gasteiger partial charge in [0.15, 0.2) is 9.84 Å². The highest BCUT2D eigenvalue weighted by atomic mass is 35.5. The molecule has 1 saturated heterocycles. The summed E-state index contributed by atoms with van der Waals surface area (Å²) in [4.78, 5) is 18.9. The standard InChI is InChI=1S/C22H28ClN3O4S/c23-17-8-6-16(7-9-17)21-19(30-22(25-21)24-18-4-2-1-3-5-18)10-11-20(27)26-12-14-31(28,29)15-13-26/h6-9,18H,1-5,10-15H2,(H,24,25). The number of hydrogen-bond donors (Lipinski definition) is 1. The third-order valence-electron chi connectivity index (χ3n) is 6.01. The topological polar surface area (TPSA) is 92.5 Å². The maximum absolute atomic E-state index is 12.6. The van der Waals surface area contributed by atoms with Crippen LogP contribution in [0.25, 0.3) is 11.3 Å². The van der Waals surface area contributed by atoms with Crippen molar-refractivity contribution in [3.05, 3.63) is 35.0 Å². The van der Waals surface area contributed by atoms with Crippen LogP contribution in [0.3, 0.4) is 0 Å². The monoisotopic (exact) mass is 465 g/mol. The summed E-state index contributed by atoms with van der Waals surface area (Å²) >= 11 is 6.03. The van der Waals surface area contributed by atoms with E-state index < -0.39 is 9.84 Å². The number of anilines is 1. The number of sulfone groups is 1. The van der Waals surface area contributed by atoms with E-state index in [1.54, 1.807) is 4.90 Å². The van der Waals surface area contributed by atoms with Gasteiger partial charge < -0.3 is 14.6 Å². The Hall–Kier alpha value is -2.06. The van der Waals surface area contributed by atoms with E-state index >= 15 is 0 Å². The molecule has 9 heteroatoms. The highest BCUT2D eigenvalue weighted by Crippen LogP contribution is 2.30. The molecule has 0 unspecified atom stereocenters. The largest absolute Gasteiger partial charge is 0.428 e. The van der Waals surface area contributed by atoms with Gasteiger partial charge in [-0.1, -0.05) is 43.0 Å². The number of halogens is 1. The molecule has 2 fully saturated rings. The van der Waals surface area contributed by atoms with E-state index in [9.17, 15) is 13.2 Å². The van der Waals surface area contributed by atoms with Crippen LogP contribution >= 0.6 is 11.6 Å². The van der Waals surface area contributed by atoms with Crippen LogP contribution in [-0.2, 0) is 21.1 Å². The van der Waals surface area contributed by atoms with Crippen molar-refractivity contribution in [3.8, 4) is 11.3 Å². The Labute approximate surface area is 188 Å². The third kappa shape index (κ3) is 5.80. The smallest absolute Gasteiger partial charge is 0.295 e. The zero-order chi connectivity index (χ0) is 21.8. The number of oxazole rings is 1. The predicted molar refractivity (Wildman–Crippen MR) is 121 cm³/mol. The Bertz CT molecular complexity index is 1000. The number of rotatable bonds is 6. The average molecular weight is 466 g/mol. The quantitative estimate of drug-likeness (QED) is 0.694. The fraction of sp³-hybridized carbons (Fsp3) is 0.545. The summed E-state index contributed by atoms with van der Waals surface area (Å²) in [6.45, 7) is 0.520. The number of aryl methyl sites for hydroxylation is 1. The Morgan fingerprint density at radius 1 is 1.13 bits per heavy atom. The first-order valence-electron chi connectivity index (χ1n) is 10.9. The van der Waals surface area contributed by atoms with Gasteiger partial charge in [0.05, 0.1) is 11.5 Å². The van der Waals surface area contributed by atoms with Crippen molar-refractivity contribution < 1.29 is 17.6 Å². The van der Waals surface area contributed by atoms with E-state index in [0.29, 0.717) is 35.0 Å². The first kappa shape index (κ1) is 22.1. The molecule has 2 aliphatic rings. The van der Waals surface area contributed by atoms with E-state index in [-0.39, 0.29) is 36.9 Å². The van der Waals surface area contributed by atoms with E-state index in [0.717, 1.165) is 18.4 Å².